The number of hydrogen-bond acceptors (Lipinski definition) is 5. The standard InChI is InChI=1S/C12H17NO4S/c1-17-6-3-5-13-9(8-11(14)15)12(16)10-4-2-7-18-10/h2,4,7,9,13H,3,5-6,8H2,1H3,(H,14,15). The third kappa shape index (κ3) is 4.95. The number of hydrogen-bond donors (Lipinski definition) is 2. The maximum absolute atomic E-state index is 12.1. The largest absolute Gasteiger partial charge is 0.481 e. The molecule has 0 saturated carbocycles. The van der Waals surface area contributed by atoms with Gasteiger partial charge in [0.25, 0.3) is 0 Å². The lowest BCUT2D eigenvalue weighted by atomic mass is 10.1. The minimum absolute atomic E-state index is 0.162. The van der Waals surface area contributed by atoms with Gasteiger partial charge in [-0.1, -0.05) is 6.07 Å². The molecule has 0 radical (unpaired) electrons. The van der Waals surface area contributed by atoms with E-state index in [4.69, 9.17) is 9.84 Å². The number of thiophene rings is 1. The number of carboxylic acids is 1. The lowest BCUT2D eigenvalue weighted by Gasteiger charge is -2.14. The summed E-state index contributed by atoms with van der Waals surface area (Å²) in [6.45, 7) is 1.14. The number of methoxy groups -OCH3 is 1. The zero-order valence-electron chi connectivity index (χ0n) is 10.2. The second-order valence-corrected chi connectivity index (χ2v) is 4.74. The summed E-state index contributed by atoms with van der Waals surface area (Å²) in [7, 11) is 1.60. The van der Waals surface area contributed by atoms with Crippen LogP contribution in [0.5, 0.6) is 0 Å². The number of rotatable bonds is 9. The average molecular weight is 271 g/mol. The molecule has 1 aromatic rings. The van der Waals surface area contributed by atoms with Crippen LogP contribution in [0.4, 0.5) is 0 Å². The van der Waals surface area contributed by atoms with Crippen LogP contribution >= 0.6 is 11.3 Å². The zero-order chi connectivity index (χ0) is 13.4. The molecule has 0 aromatic carbocycles. The molecule has 0 aliphatic heterocycles. The molecule has 1 aromatic heterocycles. The molecule has 18 heavy (non-hydrogen) atoms. The Kier molecular flexibility index (Phi) is 6.56. The maximum Gasteiger partial charge on any atom is 0.305 e. The van der Waals surface area contributed by atoms with Crippen molar-refractivity contribution in [3.63, 3.8) is 0 Å². The topological polar surface area (TPSA) is 75.6 Å². The Hall–Kier alpha value is -1.24. The Balaban J connectivity index is 2.54. The summed E-state index contributed by atoms with van der Waals surface area (Å²) >= 11 is 1.32. The molecule has 0 amide bonds. The Morgan fingerprint density at radius 3 is 2.89 bits per heavy atom. The average Bonchev–Trinajstić information content (AvgIpc) is 2.85. The van der Waals surface area contributed by atoms with Gasteiger partial charge >= 0.3 is 5.97 Å². The molecule has 0 saturated heterocycles. The van der Waals surface area contributed by atoms with Gasteiger partial charge < -0.3 is 15.2 Å². The molecule has 100 valence electrons. The minimum Gasteiger partial charge on any atom is -0.481 e. The summed E-state index contributed by atoms with van der Waals surface area (Å²) in [6.07, 6.45) is 0.536. The first-order chi connectivity index (χ1) is 8.65. The van der Waals surface area contributed by atoms with Crippen molar-refractivity contribution < 1.29 is 19.4 Å². The van der Waals surface area contributed by atoms with Crippen LogP contribution in [0, 0.1) is 0 Å². The third-order valence-electron chi connectivity index (χ3n) is 2.38. The molecule has 0 aliphatic carbocycles. The molecule has 1 rings (SSSR count). The highest BCUT2D eigenvalue weighted by Gasteiger charge is 2.22. The highest BCUT2D eigenvalue weighted by Crippen LogP contribution is 2.13. The Labute approximate surface area is 110 Å². The molecular weight excluding hydrogens is 254 g/mol. The lowest BCUT2D eigenvalue weighted by Crippen LogP contribution is -2.39. The predicted molar refractivity (Wildman–Crippen MR) is 69.2 cm³/mol. The number of Topliss-reactive ketones (excluding diaryl/α,β-unsaturated/α-hetero) is 1. The van der Waals surface area contributed by atoms with E-state index in [0.717, 1.165) is 6.42 Å². The van der Waals surface area contributed by atoms with Crippen molar-refractivity contribution in [1.29, 1.82) is 0 Å². The van der Waals surface area contributed by atoms with Crippen molar-refractivity contribution in [3.8, 4) is 0 Å². The number of ether oxygens (including phenoxy) is 1. The molecule has 0 aliphatic rings. The van der Waals surface area contributed by atoms with Gasteiger partial charge in [0.1, 0.15) is 0 Å². The van der Waals surface area contributed by atoms with Gasteiger partial charge in [-0.3, -0.25) is 9.59 Å². The van der Waals surface area contributed by atoms with Gasteiger partial charge in [0.2, 0.25) is 0 Å². The van der Waals surface area contributed by atoms with Gasteiger partial charge in [0, 0.05) is 13.7 Å². The molecule has 1 unspecified atom stereocenters. The summed E-state index contributed by atoms with van der Waals surface area (Å²) in [5.74, 6) is -1.14. The third-order valence-corrected chi connectivity index (χ3v) is 3.26. The molecule has 0 bridgehead atoms. The van der Waals surface area contributed by atoms with Gasteiger partial charge in [0.05, 0.1) is 17.3 Å². The van der Waals surface area contributed by atoms with Crippen LogP contribution in [0.1, 0.15) is 22.5 Å². The maximum atomic E-state index is 12.1. The van der Waals surface area contributed by atoms with Crippen LogP contribution in [0.3, 0.4) is 0 Å². The normalized spacial score (nSPS) is 12.3. The number of nitrogens with one attached hydrogen (secondary N) is 1. The van der Waals surface area contributed by atoms with Gasteiger partial charge in [-0.15, -0.1) is 11.3 Å². The van der Waals surface area contributed by atoms with Gasteiger partial charge in [0.15, 0.2) is 5.78 Å². The fourth-order valence-corrected chi connectivity index (χ4v) is 2.23. The number of carboxylic acid groups (broad SMARTS) is 1. The molecule has 1 heterocycles. The molecule has 1 atom stereocenters. The van der Waals surface area contributed by atoms with E-state index < -0.39 is 12.0 Å². The molecule has 0 fully saturated rings. The summed E-state index contributed by atoms with van der Waals surface area (Å²) in [4.78, 5) is 23.4. The molecular formula is C12H17NO4S. The van der Waals surface area contributed by atoms with E-state index in [1.54, 1.807) is 24.6 Å². The van der Waals surface area contributed by atoms with Crippen LogP contribution in [0.25, 0.3) is 0 Å². The number of aliphatic carboxylic acids is 1. The molecule has 0 spiro atoms. The van der Waals surface area contributed by atoms with Gasteiger partial charge in [-0.2, -0.15) is 0 Å². The smallest absolute Gasteiger partial charge is 0.305 e. The van der Waals surface area contributed by atoms with Crippen LogP contribution in [-0.4, -0.2) is 43.2 Å². The monoisotopic (exact) mass is 271 g/mol. The Morgan fingerprint density at radius 1 is 1.56 bits per heavy atom. The predicted octanol–water partition coefficient (Wildman–Crippen LogP) is 1.40. The summed E-state index contributed by atoms with van der Waals surface area (Å²) in [5.41, 5.74) is 0. The molecule has 2 N–H and O–H groups in total. The first kappa shape index (κ1) is 14.8. The Bertz CT molecular complexity index is 377. The van der Waals surface area contributed by atoms with Crippen molar-refractivity contribution >= 4 is 23.1 Å². The van der Waals surface area contributed by atoms with E-state index >= 15 is 0 Å². The highest BCUT2D eigenvalue weighted by atomic mass is 32.1. The van der Waals surface area contributed by atoms with Gasteiger partial charge in [-0.25, -0.2) is 0 Å². The lowest BCUT2D eigenvalue weighted by molar-refractivity contribution is -0.137. The van der Waals surface area contributed by atoms with E-state index in [1.165, 1.54) is 11.3 Å². The SMILES string of the molecule is COCCCNC(CC(=O)O)C(=O)c1cccs1. The van der Waals surface area contributed by atoms with E-state index in [1.807, 2.05) is 0 Å². The van der Waals surface area contributed by atoms with Gasteiger partial charge in [-0.05, 0) is 24.4 Å². The van der Waals surface area contributed by atoms with E-state index in [-0.39, 0.29) is 12.2 Å². The number of carbonyl (C=O) groups is 2. The summed E-state index contributed by atoms with van der Waals surface area (Å²) in [5, 5.41) is 13.6. The van der Waals surface area contributed by atoms with Crippen LogP contribution in [0.15, 0.2) is 17.5 Å². The molecule has 5 nitrogen and oxygen atoms in total. The highest BCUT2D eigenvalue weighted by molar-refractivity contribution is 7.12. The van der Waals surface area contributed by atoms with E-state index in [0.29, 0.717) is 18.0 Å². The Morgan fingerprint density at radius 2 is 2.33 bits per heavy atom. The van der Waals surface area contributed by atoms with Crippen molar-refractivity contribution in [2.24, 2.45) is 0 Å². The zero-order valence-corrected chi connectivity index (χ0v) is 11.0. The fraction of sp³-hybridized carbons (Fsp3) is 0.500. The van der Waals surface area contributed by atoms with Crippen molar-refractivity contribution in [1.82, 2.24) is 5.32 Å². The van der Waals surface area contributed by atoms with Crippen molar-refractivity contribution in [2.75, 3.05) is 20.3 Å². The number of ketones is 1. The minimum atomic E-state index is -0.982. The second-order valence-electron chi connectivity index (χ2n) is 3.79. The fourth-order valence-electron chi connectivity index (χ4n) is 1.52. The first-order valence-electron chi connectivity index (χ1n) is 5.67. The van der Waals surface area contributed by atoms with E-state index in [9.17, 15) is 9.59 Å². The second kappa shape index (κ2) is 7.97. The number of carbonyl (C=O) groups excluding carboxylic acids is 1. The first-order valence-corrected chi connectivity index (χ1v) is 6.55. The molecule has 6 heteroatoms. The van der Waals surface area contributed by atoms with Crippen LogP contribution in [-0.2, 0) is 9.53 Å². The summed E-state index contributed by atoms with van der Waals surface area (Å²) in [6, 6.07) is 2.82. The quantitative estimate of drug-likeness (QED) is 0.524. The van der Waals surface area contributed by atoms with E-state index in [2.05, 4.69) is 5.32 Å². The van der Waals surface area contributed by atoms with Crippen molar-refractivity contribution in [3.05, 3.63) is 22.4 Å². The van der Waals surface area contributed by atoms with Crippen LogP contribution < -0.4 is 5.32 Å². The summed E-state index contributed by atoms with van der Waals surface area (Å²) < 4.78 is 4.90. The van der Waals surface area contributed by atoms with Crippen LogP contribution in [0.2, 0.25) is 0 Å². The van der Waals surface area contributed by atoms with Crippen molar-refractivity contribution in [2.45, 2.75) is 18.9 Å².